The standard InChI is InChI=1S/C13H17N3O/c14-13(6-4-10(17)5-7-13)11-9-15-16-8-2-1-3-12(11)16/h1-3,8-10,17H,4-7,14H2. The first-order valence-corrected chi connectivity index (χ1v) is 6.09. The number of rotatable bonds is 1. The van der Waals surface area contributed by atoms with Crippen molar-refractivity contribution in [3.8, 4) is 0 Å². The highest BCUT2D eigenvalue weighted by Gasteiger charge is 2.34. The molecule has 1 aliphatic rings. The Hall–Kier alpha value is -1.39. The molecule has 0 saturated heterocycles. The molecular formula is C13H17N3O. The second-order valence-corrected chi connectivity index (χ2v) is 4.98. The highest BCUT2D eigenvalue weighted by molar-refractivity contribution is 5.56. The summed E-state index contributed by atoms with van der Waals surface area (Å²) in [6.45, 7) is 0. The van der Waals surface area contributed by atoms with Gasteiger partial charge >= 0.3 is 0 Å². The minimum atomic E-state index is -0.331. The Balaban J connectivity index is 2.03. The van der Waals surface area contributed by atoms with Crippen LogP contribution in [0.2, 0.25) is 0 Å². The summed E-state index contributed by atoms with van der Waals surface area (Å²) in [7, 11) is 0. The Kier molecular flexibility index (Phi) is 2.42. The van der Waals surface area contributed by atoms with Crippen molar-refractivity contribution in [3.63, 3.8) is 0 Å². The molecule has 3 rings (SSSR count). The Morgan fingerprint density at radius 1 is 1.35 bits per heavy atom. The molecule has 0 unspecified atom stereocenters. The molecule has 2 aromatic rings. The zero-order valence-corrected chi connectivity index (χ0v) is 9.71. The first kappa shape index (κ1) is 10.7. The maximum atomic E-state index is 9.58. The van der Waals surface area contributed by atoms with E-state index in [0.29, 0.717) is 0 Å². The van der Waals surface area contributed by atoms with Gasteiger partial charge in [-0.2, -0.15) is 5.10 Å². The van der Waals surface area contributed by atoms with Crippen molar-refractivity contribution >= 4 is 5.52 Å². The van der Waals surface area contributed by atoms with E-state index in [-0.39, 0.29) is 11.6 Å². The number of aromatic nitrogens is 2. The quantitative estimate of drug-likeness (QED) is 0.780. The van der Waals surface area contributed by atoms with E-state index in [2.05, 4.69) is 5.10 Å². The minimum Gasteiger partial charge on any atom is -0.393 e. The second kappa shape index (κ2) is 3.82. The lowest BCUT2D eigenvalue weighted by Crippen LogP contribution is -2.41. The van der Waals surface area contributed by atoms with E-state index in [1.165, 1.54) is 0 Å². The Morgan fingerprint density at radius 3 is 2.88 bits per heavy atom. The zero-order valence-electron chi connectivity index (χ0n) is 9.71. The predicted molar refractivity (Wildman–Crippen MR) is 65.5 cm³/mol. The van der Waals surface area contributed by atoms with Crippen LogP contribution in [0, 0.1) is 0 Å². The van der Waals surface area contributed by atoms with Gasteiger partial charge in [0, 0.05) is 17.3 Å². The molecule has 4 nitrogen and oxygen atoms in total. The van der Waals surface area contributed by atoms with Gasteiger partial charge in [0.15, 0.2) is 0 Å². The van der Waals surface area contributed by atoms with Gasteiger partial charge in [-0.05, 0) is 37.8 Å². The van der Waals surface area contributed by atoms with Gasteiger partial charge in [-0.1, -0.05) is 6.07 Å². The van der Waals surface area contributed by atoms with Gasteiger partial charge in [-0.3, -0.25) is 0 Å². The van der Waals surface area contributed by atoms with E-state index in [0.717, 1.165) is 36.8 Å². The molecule has 3 N–H and O–H groups in total. The van der Waals surface area contributed by atoms with Crippen molar-refractivity contribution in [2.24, 2.45) is 5.73 Å². The molecule has 1 fully saturated rings. The van der Waals surface area contributed by atoms with E-state index < -0.39 is 0 Å². The van der Waals surface area contributed by atoms with Crippen LogP contribution in [0.1, 0.15) is 31.2 Å². The number of aliphatic hydroxyl groups is 1. The number of fused-ring (bicyclic) bond motifs is 1. The molecule has 90 valence electrons. The van der Waals surface area contributed by atoms with Crippen LogP contribution in [-0.4, -0.2) is 20.8 Å². The summed E-state index contributed by atoms with van der Waals surface area (Å²) < 4.78 is 1.86. The normalized spacial score (nSPS) is 29.6. The molecule has 0 radical (unpaired) electrons. The van der Waals surface area contributed by atoms with Gasteiger partial charge in [0.1, 0.15) is 0 Å². The lowest BCUT2D eigenvalue weighted by atomic mass is 9.77. The van der Waals surface area contributed by atoms with Crippen molar-refractivity contribution in [2.75, 3.05) is 0 Å². The highest BCUT2D eigenvalue weighted by atomic mass is 16.3. The summed E-state index contributed by atoms with van der Waals surface area (Å²) >= 11 is 0. The lowest BCUT2D eigenvalue weighted by Gasteiger charge is -2.35. The van der Waals surface area contributed by atoms with Gasteiger partial charge in [0.2, 0.25) is 0 Å². The van der Waals surface area contributed by atoms with Crippen LogP contribution in [-0.2, 0) is 5.54 Å². The van der Waals surface area contributed by atoms with Crippen molar-refractivity contribution in [2.45, 2.75) is 37.3 Å². The van der Waals surface area contributed by atoms with Gasteiger partial charge in [0.05, 0.1) is 17.8 Å². The van der Waals surface area contributed by atoms with Crippen LogP contribution < -0.4 is 5.73 Å². The molecule has 0 aliphatic heterocycles. The monoisotopic (exact) mass is 231 g/mol. The lowest BCUT2D eigenvalue weighted by molar-refractivity contribution is 0.0973. The topological polar surface area (TPSA) is 63.5 Å². The van der Waals surface area contributed by atoms with E-state index >= 15 is 0 Å². The third-order valence-corrected chi connectivity index (χ3v) is 3.81. The van der Waals surface area contributed by atoms with Gasteiger partial charge in [0.25, 0.3) is 0 Å². The van der Waals surface area contributed by atoms with Crippen LogP contribution >= 0.6 is 0 Å². The molecule has 0 spiro atoms. The molecule has 0 bridgehead atoms. The summed E-state index contributed by atoms with van der Waals surface area (Å²) in [5, 5.41) is 13.9. The SMILES string of the molecule is NC1(c2cnn3ccccc23)CCC(O)CC1. The molecule has 1 saturated carbocycles. The smallest absolute Gasteiger partial charge is 0.0712 e. The largest absolute Gasteiger partial charge is 0.393 e. The fourth-order valence-corrected chi connectivity index (χ4v) is 2.71. The van der Waals surface area contributed by atoms with Crippen LogP contribution in [0.15, 0.2) is 30.6 Å². The fourth-order valence-electron chi connectivity index (χ4n) is 2.71. The number of hydrogen-bond donors (Lipinski definition) is 2. The average molecular weight is 231 g/mol. The maximum Gasteiger partial charge on any atom is 0.0712 e. The molecular weight excluding hydrogens is 214 g/mol. The van der Waals surface area contributed by atoms with Crippen molar-refractivity contribution in [1.29, 1.82) is 0 Å². The van der Waals surface area contributed by atoms with Crippen LogP contribution in [0.4, 0.5) is 0 Å². The van der Waals surface area contributed by atoms with Crippen LogP contribution in [0.3, 0.4) is 0 Å². The first-order valence-electron chi connectivity index (χ1n) is 6.09. The van der Waals surface area contributed by atoms with Crippen molar-refractivity contribution in [3.05, 3.63) is 36.2 Å². The summed E-state index contributed by atoms with van der Waals surface area (Å²) in [6, 6.07) is 6.00. The molecule has 0 aromatic carbocycles. The molecule has 1 aliphatic carbocycles. The van der Waals surface area contributed by atoms with E-state index in [4.69, 9.17) is 5.73 Å². The van der Waals surface area contributed by atoms with Crippen molar-refractivity contribution < 1.29 is 5.11 Å². The maximum absolute atomic E-state index is 9.58. The van der Waals surface area contributed by atoms with E-state index in [9.17, 15) is 5.11 Å². The fraction of sp³-hybridized carbons (Fsp3) is 0.462. The van der Waals surface area contributed by atoms with Gasteiger partial charge < -0.3 is 10.8 Å². The highest BCUT2D eigenvalue weighted by Crippen LogP contribution is 2.36. The third kappa shape index (κ3) is 1.73. The molecule has 0 atom stereocenters. The number of nitrogens with two attached hydrogens (primary N) is 1. The van der Waals surface area contributed by atoms with Gasteiger partial charge in [-0.15, -0.1) is 0 Å². The van der Waals surface area contributed by atoms with Gasteiger partial charge in [-0.25, -0.2) is 4.52 Å². The Morgan fingerprint density at radius 2 is 2.12 bits per heavy atom. The third-order valence-electron chi connectivity index (χ3n) is 3.81. The first-order chi connectivity index (χ1) is 8.19. The summed E-state index contributed by atoms with van der Waals surface area (Å²) in [5.74, 6) is 0. The van der Waals surface area contributed by atoms with Crippen LogP contribution in [0.25, 0.3) is 5.52 Å². The summed E-state index contributed by atoms with van der Waals surface area (Å²) in [5.41, 5.74) is 8.33. The number of pyridine rings is 1. The molecule has 4 heteroatoms. The molecule has 2 aromatic heterocycles. The molecule has 17 heavy (non-hydrogen) atoms. The zero-order chi connectivity index (χ0) is 11.9. The number of hydrogen-bond acceptors (Lipinski definition) is 3. The second-order valence-electron chi connectivity index (χ2n) is 4.98. The van der Waals surface area contributed by atoms with E-state index in [1.807, 2.05) is 35.1 Å². The Bertz CT molecular complexity index is 526. The minimum absolute atomic E-state index is 0.187. The van der Waals surface area contributed by atoms with E-state index in [1.54, 1.807) is 0 Å². The predicted octanol–water partition coefficient (Wildman–Crippen LogP) is 1.42. The Labute approximate surface area is 100 Å². The number of aliphatic hydroxyl groups excluding tert-OH is 1. The molecule has 0 amide bonds. The number of nitrogens with zero attached hydrogens (tertiary/aromatic N) is 2. The van der Waals surface area contributed by atoms with Crippen LogP contribution in [0.5, 0.6) is 0 Å². The summed E-state index contributed by atoms with van der Waals surface area (Å²) in [6.07, 6.45) is 6.82. The average Bonchev–Trinajstić information content (AvgIpc) is 2.78. The summed E-state index contributed by atoms with van der Waals surface area (Å²) in [4.78, 5) is 0. The van der Waals surface area contributed by atoms with Crippen molar-refractivity contribution in [1.82, 2.24) is 9.61 Å². The molecule has 2 heterocycles.